The summed E-state index contributed by atoms with van der Waals surface area (Å²) in [5, 5.41) is 9.68. The van der Waals surface area contributed by atoms with Gasteiger partial charge in [0.2, 0.25) is 0 Å². The maximum atomic E-state index is 13.2. The summed E-state index contributed by atoms with van der Waals surface area (Å²) in [6.07, 6.45) is 1.44. The molecule has 1 aliphatic heterocycles. The maximum absolute atomic E-state index is 13.2. The molecule has 2 amide bonds. The largest absolute Gasteiger partial charge is 0.507 e. The lowest BCUT2D eigenvalue weighted by Crippen LogP contribution is -2.27. The molecular weight excluding hydrogens is 393 g/mol. The van der Waals surface area contributed by atoms with E-state index in [1.807, 2.05) is 6.92 Å². The molecular formula is C19H15ClFNO4S. The number of carbonyl (C=O) groups is 2. The van der Waals surface area contributed by atoms with Crippen molar-refractivity contribution in [2.75, 3.05) is 6.61 Å². The molecule has 3 rings (SSSR count). The lowest BCUT2D eigenvalue weighted by Gasteiger charge is -2.13. The van der Waals surface area contributed by atoms with Crippen LogP contribution in [-0.2, 0) is 11.3 Å². The number of phenols is 1. The Morgan fingerprint density at radius 3 is 2.74 bits per heavy atom. The third-order valence-corrected chi connectivity index (χ3v) is 5.07. The van der Waals surface area contributed by atoms with Gasteiger partial charge in [0.1, 0.15) is 17.3 Å². The number of phenolic OH excluding ortho intramolecular Hbond substituents is 1. The molecule has 2 aromatic carbocycles. The Balaban J connectivity index is 1.85. The highest BCUT2D eigenvalue weighted by molar-refractivity contribution is 8.18. The van der Waals surface area contributed by atoms with Crippen LogP contribution in [0.25, 0.3) is 6.08 Å². The molecule has 1 saturated heterocycles. The molecule has 1 N–H and O–H groups in total. The molecule has 0 spiro atoms. The SMILES string of the molecule is CCOc1ccc(O)c(/C=C2\SC(=O)N(Cc3ccc(F)cc3Cl)C2=O)c1. The number of rotatable bonds is 5. The third kappa shape index (κ3) is 4.26. The van der Waals surface area contributed by atoms with Crippen LogP contribution >= 0.6 is 23.4 Å². The molecule has 0 radical (unpaired) electrons. The molecule has 1 heterocycles. The first-order chi connectivity index (χ1) is 12.9. The second kappa shape index (κ2) is 8.02. The number of amides is 2. The molecule has 0 unspecified atom stereocenters. The predicted octanol–water partition coefficient (Wildman–Crippen LogP) is 4.82. The number of hydrogen-bond donors (Lipinski definition) is 1. The molecule has 0 atom stereocenters. The monoisotopic (exact) mass is 407 g/mol. The summed E-state index contributed by atoms with van der Waals surface area (Å²) in [5.41, 5.74) is 0.828. The molecule has 8 heteroatoms. The van der Waals surface area contributed by atoms with Crippen LogP contribution in [0.1, 0.15) is 18.1 Å². The summed E-state index contributed by atoms with van der Waals surface area (Å²) in [5.74, 6) is -0.500. The van der Waals surface area contributed by atoms with Crippen molar-refractivity contribution in [2.45, 2.75) is 13.5 Å². The van der Waals surface area contributed by atoms with Crippen molar-refractivity contribution in [3.05, 3.63) is 63.3 Å². The molecule has 140 valence electrons. The quantitative estimate of drug-likeness (QED) is 0.720. The van der Waals surface area contributed by atoms with E-state index in [2.05, 4.69) is 0 Å². The van der Waals surface area contributed by atoms with Gasteiger partial charge in [-0.3, -0.25) is 14.5 Å². The fourth-order valence-electron chi connectivity index (χ4n) is 2.50. The summed E-state index contributed by atoms with van der Waals surface area (Å²) in [6.45, 7) is 2.23. The molecule has 27 heavy (non-hydrogen) atoms. The van der Waals surface area contributed by atoms with E-state index in [1.54, 1.807) is 12.1 Å². The van der Waals surface area contributed by atoms with E-state index in [9.17, 15) is 19.1 Å². The zero-order valence-electron chi connectivity index (χ0n) is 14.2. The van der Waals surface area contributed by atoms with Gasteiger partial charge in [-0.1, -0.05) is 17.7 Å². The average Bonchev–Trinajstić information content (AvgIpc) is 2.87. The van der Waals surface area contributed by atoms with Gasteiger partial charge in [0.25, 0.3) is 11.1 Å². The fourth-order valence-corrected chi connectivity index (χ4v) is 3.56. The minimum atomic E-state index is -0.508. The molecule has 1 fully saturated rings. The van der Waals surface area contributed by atoms with E-state index in [4.69, 9.17) is 16.3 Å². The Hall–Kier alpha value is -2.51. The third-order valence-electron chi connectivity index (χ3n) is 3.81. The summed E-state index contributed by atoms with van der Waals surface area (Å²) in [4.78, 5) is 26.1. The lowest BCUT2D eigenvalue weighted by molar-refractivity contribution is -0.123. The Morgan fingerprint density at radius 1 is 1.26 bits per heavy atom. The van der Waals surface area contributed by atoms with Crippen molar-refractivity contribution in [1.82, 2.24) is 4.90 Å². The zero-order valence-corrected chi connectivity index (χ0v) is 15.8. The number of nitrogens with zero attached hydrogens (tertiary/aromatic N) is 1. The average molecular weight is 408 g/mol. The van der Waals surface area contributed by atoms with Gasteiger partial charge in [-0.2, -0.15) is 0 Å². The highest BCUT2D eigenvalue weighted by Crippen LogP contribution is 2.36. The van der Waals surface area contributed by atoms with E-state index in [0.717, 1.165) is 22.7 Å². The highest BCUT2D eigenvalue weighted by atomic mass is 35.5. The predicted molar refractivity (Wildman–Crippen MR) is 102 cm³/mol. The van der Waals surface area contributed by atoms with E-state index in [-0.39, 0.29) is 22.2 Å². The highest BCUT2D eigenvalue weighted by Gasteiger charge is 2.35. The summed E-state index contributed by atoms with van der Waals surface area (Å²) >= 11 is 6.74. The summed E-state index contributed by atoms with van der Waals surface area (Å²) in [7, 11) is 0. The van der Waals surface area contributed by atoms with Gasteiger partial charge < -0.3 is 9.84 Å². The van der Waals surface area contributed by atoms with Crippen molar-refractivity contribution in [3.63, 3.8) is 0 Å². The van der Waals surface area contributed by atoms with E-state index in [1.165, 1.54) is 24.3 Å². The van der Waals surface area contributed by atoms with Crippen LogP contribution in [0.2, 0.25) is 5.02 Å². The van der Waals surface area contributed by atoms with Crippen LogP contribution in [0, 0.1) is 5.82 Å². The second-order valence-corrected chi connectivity index (χ2v) is 7.06. The molecule has 2 aromatic rings. The second-order valence-electron chi connectivity index (χ2n) is 5.66. The van der Waals surface area contributed by atoms with Crippen molar-refractivity contribution in [3.8, 4) is 11.5 Å². The number of carbonyl (C=O) groups excluding carboxylic acids is 2. The first-order valence-corrected chi connectivity index (χ1v) is 9.23. The van der Waals surface area contributed by atoms with Crippen molar-refractivity contribution in [2.24, 2.45) is 0 Å². The molecule has 5 nitrogen and oxygen atoms in total. The smallest absolute Gasteiger partial charge is 0.293 e. The van der Waals surface area contributed by atoms with E-state index >= 15 is 0 Å². The Labute approximate surface area is 164 Å². The number of ether oxygens (including phenoxy) is 1. The van der Waals surface area contributed by atoms with Crippen LogP contribution in [0.3, 0.4) is 0 Å². The lowest BCUT2D eigenvalue weighted by atomic mass is 10.1. The van der Waals surface area contributed by atoms with Crippen LogP contribution in [-0.4, -0.2) is 27.8 Å². The van der Waals surface area contributed by atoms with Crippen LogP contribution in [0.4, 0.5) is 9.18 Å². The van der Waals surface area contributed by atoms with Gasteiger partial charge in [0, 0.05) is 10.6 Å². The van der Waals surface area contributed by atoms with Gasteiger partial charge in [0.15, 0.2) is 0 Å². The fraction of sp³-hybridized carbons (Fsp3) is 0.158. The topological polar surface area (TPSA) is 66.8 Å². The Morgan fingerprint density at radius 2 is 2.04 bits per heavy atom. The van der Waals surface area contributed by atoms with E-state index < -0.39 is 17.0 Å². The van der Waals surface area contributed by atoms with Gasteiger partial charge in [-0.05, 0) is 60.7 Å². The number of aromatic hydroxyl groups is 1. The normalized spacial score (nSPS) is 15.7. The van der Waals surface area contributed by atoms with Crippen LogP contribution < -0.4 is 4.74 Å². The molecule has 0 aromatic heterocycles. The van der Waals surface area contributed by atoms with Gasteiger partial charge in [-0.25, -0.2) is 4.39 Å². The summed E-state index contributed by atoms with van der Waals surface area (Å²) in [6, 6.07) is 8.43. The van der Waals surface area contributed by atoms with Gasteiger partial charge in [-0.15, -0.1) is 0 Å². The van der Waals surface area contributed by atoms with E-state index in [0.29, 0.717) is 23.5 Å². The van der Waals surface area contributed by atoms with Gasteiger partial charge >= 0.3 is 0 Å². The minimum Gasteiger partial charge on any atom is -0.507 e. The Bertz CT molecular complexity index is 947. The first kappa shape index (κ1) is 19.3. The van der Waals surface area contributed by atoms with Crippen LogP contribution in [0.15, 0.2) is 41.3 Å². The van der Waals surface area contributed by atoms with Crippen LogP contribution in [0.5, 0.6) is 11.5 Å². The Kier molecular flexibility index (Phi) is 5.72. The minimum absolute atomic E-state index is 0.0353. The number of hydrogen-bond acceptors (Lipinski definition) is 5. The zero-order chi connectivity index (χ0) is 19.6. The number of thioether (sulfide) groups is 1. The standard InChI is InChI=1S/C19H15ClFNO4S/c1-2-26-14-5-6-16(23)12(7-14)8-17-18(24)22(19(25)27-17)10-11-3-4-13(21)9-15(11)20/h3-9,23H,2,10H2,1H3/b17-8-. The number of imide groups is 1. The molecule has 1 aliphatic rings. The van der Waals surface area contributed by atoms with Crippen molar-refractivity contribution in [1.29, 1.82) is 0 Å². The summed E-state index contributed by atoms with van der Waals surface area (Å²) < 4.78 is 18.5. The first-order valence-electron chi connectivity index (χ1n) is 8.04. The van der Waals surface area contributed by atoms with Gasteiger partial charge in [0.05, 0.1) is 18.1 Å². The van der Waals surface area contributed by atoms with Crippen molar-refractivity contribution < 1.29 is 23.8 Å². The van der Waals surface area contributed by atoms with Crippen molar-refractivity contribution >= 4 is 40.6 Å². The molecule has 0 bridgehead atoms. The maximum Gasteiger partial charge on any atom is 0.293 e. The molecule has 0 aliphatic carbocycles. The molecule has 0 saturated carbocycles. The number of halogens is 2. The number of benzene rings is 2.